The molecule has 4 aromatic rings. The number of fused-ring (bicyclic) bond motifs is 2. The summed E-state index contributed by atoms with van der Waals surface area (Å²) in [6, 6.07) is 14.4. The molecule has 35 heavy (non-hydrogen) atoms. The molecule has 0 amide bonds. The van der Waals surface area contributed by atoms with Crippen LogP contribution in [-0.4, -0.2) is 28.3 Å². The number of benzene rings is 2. The molecule has 184 valence electrons. The van der Waals surface area contributed by atoms with Gasteiger partial charge in [0, 0.05) is 34.9 Å². The van der Waals surface area contributed by atoms with E-state index in [0.717, 1.165) is 77.6 Å². The zero-order chi connectivity index (χ0) is 23.8. The quantitative estimate of drug-likeness (QED) is 0.268. The van der Waals surface area contributed by atoms with Crippen molar-refractivity contribution in [2.24, 2.45) is 0 Å². The van der Waals surface area contributed by atoms with Crippen molar-refractivity contribution in [2.75, 3.05) is 18.6 Å². The molecule has 2 aromatic carbocycles. The average molecular weight is 511 g/mol. The van der Waals surface area contributed by atoms with Crippen molar-refractivity contribution in [2.45, 2.75) is 53.0 Å². The summed E-state index contributed by atoms with van der Waals surface area (Å²) in [6.45, 7) is 8.20. The molecule has 0 N–H and O–H groups in total. The van der Waals surface area contributed by atoms with Gasteiger partial charge in [-0.25, -0.2) is 4.98 Å². The lowest BCUT2D eigenvalue weighted by molar-refractivity contribution is 0.414. The summed E-state index contributed by atoms with van der Waals surface area (Å²) < 4.78 is 7.54. The minimum atomic E-state index is 0. The summed E-state index contributed by atoms with van der Waals surface area (Å²) >= 11 is 6.15. The Labute approximate surface area is 218 Å². The average Bonchev–Trinajstić information content (AvgIpc) is 3.42. The molecule has 1 aliphatic carbocycles. The largest absolute Gasteiger partial charge is 0.497 e. The van der Waals surface area contributed by atoms with Crippen LogP contribution in [0.15, 0.2) is 42.5 Å². The number of aromatic nitrogens is 3. The number of anilines is 1. The first kappa shape index (κ1) is 25.3. The second kappa shape index (κ2) is 10.5. The van der Waals surface area contributed by atoms with Gasteiger partial charge in [-0.3, -0.25) is 0 Å². The first-order valence-electron chi connectivity index (χ1n) is 12.1. The van der Waals surface area contributed by atoms with E-state index in [2.05, 4.69) is 54.5 Å². The van der Waals surface area contributed by atoms with Crippen LogP contribution in [-0.2, 0) is 19.4 Å². The van der Waals surface area contributed by atoms with Crippen LogP contribution in [0.2, 0.25) is 5.02 Å². The van der Waals surface area contributed by atoms with Gasteiger partial charge in [-0.2, -0.15) is 9.61 Å². The Kier molecular flexibility index (Phi) is 7.58. The van der Waals surface area contributed by atoms with Crippen molar-refractivity contribution >= 4 is 35.5 Å². The van der Waals surface area contributed by atoms with Crippen LogP contribution >= 0.6 is 24.0 Å². The maximum atomic E-state index is 6.15. The number of hydrogen-bond donors (Lipinski definition) is 0. The van der Waals surface area contributed by atoms with Crippen LogP contribution in [0.5, 0.6) is 5.75 Å². The molecule has 0 fully saturated rings. The number of methoxy groups -OCH3 is 1. The van der Waals surface area contributed by atoms with E-state index in [1.54, 1.807) is 7.11 Å². The van der Waals surface area contributed by atoms with Crippen molar-refractivity contribution in [1.29, 1.82) is 0 Å². The van der Waals surface area contributed by atoms with E-state index in [9.17, 15) is 0 Å². The third-order valence-electron chi connectivity index (χ3n) is 6.72. The zero-order valence-corrected chi connectivity index (χ0v) is 22.3. The Morgan fingerprint density at radius 2 is 1.86 bits per heavy atom. The van der Waals surface area contributed by atoms with E-state index in [1.807, 2.05) is 18.2 Å². The molecule has 0 unspecified atom stereocenters. The van der Waals surface area contributed by atoms with Crippen molar-refractivity contribution in [3.63, 3.8) is 0 Å². The number of aryl methyl sites for hydroxylation is 3. The Morgan fingerprint density at radius 3 is 2.54 bits per heavy atom. The van der Waals surface area contributed by atoms with Gasteiger partial charge in [-0.1, -0.05) is 36.7 Å². The van der Waals surface area contributed by atoms with E-state index in [-0.39, 0.29) is 12.4 Å². The lowest BCUT2D eigenvalue weighted by Gasteiger charge is -2.27. The lowest BCUT2D eigenvalue weighted by atomic mass is 10.0. The number of ether oxygens (including phenoxy) is 1. The molecule has 0 saturated heterocycles. The first-order valence-corrected chi connectivity index (χ1v) is 12.4. The normalized spacial score (nSPS) is 12.5. The highest BCUT2D eigenvalue weighted by molar-refractivity contribution is 6.30. The van der Waals surface area contributed by atoms with Gasteiger partial charge in [0.25, 0.3) is 0 Å². The van der Waals surface area contributed by atoms with E-state index >= 15 is 0 Å². The fourth-order valence-electron chi connectivity index (χ4n) is 5.14. The maximum Gasteiger partial charge on any atom is 0.165 e. The van der Waals surface area contributed by atoms with E-state index < -0.39 is 0 Å². The minimum Gasteiger partial charge on any atom is -0.497 e. The van der Waals surface area contributed by atoms with Gasteiger partial charge in [0.1, 0.15) is 11.6 Å². The highest BCUT2D eigenvalue weighted by atomic mass is 35.5. The van der Waals surface area contributed by atoms with Crippen LogP contribution < -0.4 is 9.64 Å². The molecule has 5 rings (SSSR count). The molecule has 0 radical (unpaired) electrons. The van der Waals surface area contributed by atoms with Crippen molar-refractivity contribution in [3.05, 3.63) is 75.6 Å². The van der Waals surface area contributed by atoms with Gasteiger partial charge >= 0.3 is 0 Å². The Bertz CT molecular complexity index is 1350. The van der Waals surface area contributed by atoms with Gasteiger partial charge in [-0.15, -0.1) is 12.4 Å². The summed E-state index contributed by atoms with van der Waals surface area (Å²) in [5.74, 6) is 2.05. The van der Waals surface area contributed by atoms with Crippen molar-refractivity contribution in [3.8, 4) is 16.9 Å². The fourth-order valence-corrected chi connectivity index (χ4v) is 5.26. The SMILES string of the molecule is CCCN(Cc1ccc(Cl)cc1)c1c2c(nc3c(-c4ccc(OC)cc4C)c(C)nn13)CCC2.Cl. The van der Waals surface area contributed by atoms with Gasteiger partial charge in [0.2, 0.25) is 0 Å². The second-order valence-electron chi connectivity index (χ2n) is 9.14. The molecular formula is C28H32Cl2N4O. The predicted octanol–water partition coefficient (Wildman–Crippen LogP) is 7.00. The van der Waals surface area contributed by atoms with Crippen LogP contribution in [0.4, 0.5) is 5.82 Å². The van der Waals surface area contributed by atoms with E-state index in [1.165, 1.54) is 22.6 Å². The van der Waals surface area contributed by atoms with Gasteiger partial charge in [-0.05, 0) is 80.5 Å². The van der Waals surface area contributed by atoms with Crippen molar-refractivity contribution < 1.29 is 4.74 Å². The van der Waals surface area contributed by atoms with Crippen LogP contribution in [0.1, 0.15) is 47.8 Å². The number of halogens is 2. The molecule has 2 aromatic heterocycles. The summed E-state index contributed by atoms with van der Waals surface area (Å²) in [6.07, 6.45) is 4.26. The molecule has 0 aliphatic heterocycles. The van der Waals surface area contributed by atoms with E-state index in [4.69, 9.17) is 26.4 Å². The number of hydrogen-bond acceptors (Lipinski definition) is 4. The first-order chi connectivity index (χ1) is 16.5. The third kappa shape index (κ3) is 4.72. The Balaban J connectivity index is 0.00000289. The fraction of sp³-hybridized carbons (Fsp3) is 0.357. The molecule has 0 spiro atoms. The summed E-state index contributed by atoms with van der Waals surface area (Å²) in [5, 5.41) is 5.83. The molecule has 5 nitrogen and oxygen atoms in total. The summed E-state index contributed by atoms with van der Waals surface area (Å²) in [5.41, 5.74) is 9.16. The highest BCUT2D eigenvalue weighted by Gasteiger charge is 2.27. The lowest BCUT2D eigenvalue weighted by Crippen LogP contribution is -2.27. The Morgan fingerprint density at radius 1 is 1.09 bits per heavy atom. The van der Waals surface area contributed by atoms with Crippen molar-refractivity contribution in [1.82, 2.24) is 14.6 Å². The van der Waals surface area contributed by atoms with Crippen LogP contribution in [0.3, 0.4) is 0 Å². The second-order valence-corrected chi connectivity index (χ2v) is 9.58. The smallest absolute Gasteiger partial charge is 0.165 e. The van der Waals surface area contributed by atoms with Gasteiger partial charge in [0.15, 0.2) is 5.65 Å². The zero-order valence-electron chi connectivity index (χ0n) is 20.8. The molecule has 7 heteroatoms. The molecule has 1 aliphatic rings. The minimum absolute atomic E-state index is 0. The number of rotatable bonds is 7. The van der Waals surface area contributed by atoms with Crippen LogP contribution in [0, 0.1) is 13.8 Å². The Hall–Kier alpha value is -2.76. The molecule has 0 saturated carbocycles. The topological polar surface area (TPSA) is 42.7 Å². The van der Waals surface area contributed by atoms with Gasteiger partial charge in [0.05, 0.1) is 12.8 Å². The summed E-state index contributed by atoms with van der Waals surface area (Å²) in [4.78, 5) is 7.65. The molecule has 0 bridgehead atoms. The third-order valence-corrected chi connectivity index (χ3v) is 6.97. The van der Waals surface area contributed by atoms with Gasteiger partial charge < -0.3 is 9.64 Å². The highest BCUT2D eigenvalue weighted by Crippen LogP contribution is 2.38. The maximum absolute atomic E-state index is 6.15. The molecule has 2 heterocycles. The van der Waals surface area contributed by atoms with E-state index in [0.29, 0.717) is 0 Å². The summed E-state index contributed by atoms with van der Waals surface area (Å²) in [7, 11) is 1.70. The molecule has 0 atom stereocenters. The predicted molar refractivity (Wildman–Crippen MR) is 147 cm³/mol. The monoisotopic (exact) mass is 510 g/mol. The standard InChI is InChI=1S/C28H31ClN4O.ClH/c1-5-15-32(17-20-9-11-21(29)12-10-20)28-24-7-6-8-25(24)30-27-26(19(3)31-33(27)28)23-14-13-22(34-4)16-18(23)2;/h9-14,16H,5-8,15,17H2,1-4H3;1H. The number of nitrogens with zero attached hydrogens (tertiary/aromatic N) is 4. The van der Waals surface area contributed by atoms with Crippen LogP contribution in [0.25, 0.3) is 16.8 Å². The molecular weight excluding hydrogens is 479 g/mol.